The normalized spacial score (nSPS) is 11.3. The van der Waals surface area contributed by atoms with Gasteiger partial charge in [-0.15, -0.1) is 0 Å². The molecule has 0 aliphatic heterocycles. The van der Waals surface area contributed by atoms with Crippen LogP contribution >= 0.6 is 23.2 Å². The van der Waals surface area contributed by atoms with Gasteiger partial charge < -0.3 is 4.42 Å². The smallest absolute Gasteiger partial charge is 0.226 e. The van der Waals surface area contributed by atoms with Crippen molar-refractivity contribution in [2.45, 2.75) is 0 Å². The van der Waals surface area contributed by atoms with Crippen LogP contribution in [0.1, 0.15) is 0 Å². The minimum atomic E-state index is 0.131. The van der Waals surface area contributed by atoms with E-state index in [4.69, 9.17) is 32.6 Å². The summed E-state index contributed by atoms with van der Waals surface area (Å²) in [7, 11) is 0. The summed E-state index contributed by atoms with van der Waals surface area (Å²) in [6, 6.07) is 38.2. The van der Waals surface area contributed by atoms with Crippen molar-refractivity contribution in [1.29, 1.82) is 0 Å². The van der Waals surface area contributed by atoms with Gasteiger partial charge in [-0.1, -0.05) is 90.5 Å². The van der Waals surface area contributed by atoms with Crippen molar-refractivity contribution in [3.63, 3.8) is 0 Å². The summed E-state index contributed by atoms with van der Waals surface area (Å²) in [5, 5.41) is 2.93. The molecule has 0 aliphatic carbocycles. The van der Waals surface area contributed by atoms with Gasteiger partial charge in [-0.2, -0.15) is 9.97 Å². The lowest BCUT2D eigenvalue weighted by Gasteiger charge is -2.09. The van der Waals surface area contributed by atoms with Crippen LogP contribution in [0.3, 0.4) is 0 Å². The molecule has 186 valence electrons. The summed E-state index contributed by atoms with van der Waals surface area (Å²) in [5.41, 5.74) is 7.50. The average Bonchev–Trinajstić information content (AvgIpc) is 3.35. The first-order chi connectivity index (χ1) is 19.1. The van der Waals surface area contributed by atoms with Crippen LogP contribution in [0.25, 0.3) is 67.0 Å². The monoisotopic (exact) mass is 543 g/mol. The Morgan fingerprint density at radius 3 is 1.79 bits per heavy atom. The lowest BCUT2D eigenvalue weighted by molar-refractivity contribution is 0.669. The van der Waals surface area contributed by atoms with Crippen LogP contribution < -0.4 is 0 Å². The van der Waals surface area contributed by atoms with Crippen LogP contribution in [-0.2, 0) is 0 Å². The number of nitrogens with zero attached hydrogens (tertiary/aromatic N) is 3. The van der Waals surface area contributed by atoms with E-state index in [-0.39, 0.29) is 5.28 Å². The number of halogens is 2. The Hall–Kier alpha value is -4.51. The van der Waals surface area contributed by atoms with Gasteiger partial charge in [0.1, 0.15) is 11.2 Å². The third kappa shape index (κ3) is 4.54. The Kier molecular flexibility index (Phi) is 5.85. The Labute approximate surface area is 234 Å². The first kappa shape index (κ1) is 23.6. The fourth-order valence-corrected chi connectivity index (χ4v) is 5.23. The van der Waals surface area contributed by atoms with Crippen molar-refractivity contribution < 1.29 is 4.42 Å². The van der Waals surface area contributed by atoms with Gasteiger partial charge >= 0.3 is 0 Å². The van der Waals surface area contributed by atoms with Gasteiger partial charge in [-0.05, 0) is 70.3 Å². The molecule has 39 heavy (non-hydrogen) atoms. The van der Waals surface area contributed by atoms with Gasteiger partial charge in [0, 0.05) is 26.9 Å². The van der Waals surface area contributed by atoms with Crippen LogP contribution in [0, 0.1) is 0 Å². The zero-order valence-electron chi connectivity index (χ0n) is 20.5. The number of benzene rings is 5. The molecular weight excluding hydrogens is 525 g/mol. The lowest BCUT2D eigenvalue weighted by Crippen LogP contribution is -1.97. The van der Waals surface area contributed by atoms with Crippen molar-refractivity contribution >= 4 is 45.1 Å². The Bertz CT molecular complexity index is 1980. The standard InChI is InChI=1S/C33H19Cl2N3O/c34-26-17-24(20-6-2-1-3-7-20)16-25(18-26)21-10-12-22(13-11-21)31-36-32(38-33(35)37-31)23-14-15-28-27-8-4-5-9-29(27)39-30(28)19-23/h1-19H. The van der Waals surface area contributed by atoms with Crippen LogP contribution in [0.4, 0.5) is 0 Å². The highest BCUT2D eigenvalue weighted by Gasteiger charge is 2.13. The highest BCUT2D eigenvalue weighted by atomic mass is 35.5. The van der Waals surface area contributed by atoms with E-state index in [0.29, 0.717) is 16.7 Å². The highest BCUT2D eigenvalue weighted by molar-refractivity contribution is 6.31. The van der Waals surface area contributed by atoms with Gasteiger partial charge in [-0.3, -0.25) is 0 Å². The molecule has 5 aromatic carbocycles. The van der Waals surface area contributed by atoms with E-state index < -0.39 is 0 Å². The molecular formula is C33H19Cl2N3O. The van der Waals surface area contributed by atoms with E-state index in [9.17, 15) is 0 Å². The van der Waals surface area contributed by atoms with Gasteiger partial charge in [-0.25, -0.2) is 4.98 Å². The molecule has 4 nitrogen and oxygen atoms in total. The molecule has 0 atom stereocenters. The zero-order valence-corrected chi connectivity index (χ0v) is 22.0. The number of rotatable bonds is 4. The third-order valence-corrected chi connectivity index (χ3v) is 7.11. The average molecular weight is 544 g/mol. The third-order valence-electron chi connectivity index (χ3n) is 6.73. The number of para-hydroxylation sites is 1. The van der Waals surface area contributed by atoms with E-state index in [2.05, 4.69) is 28.2 Å². The van der Waals surface area contributed by atoms with Crippen molar-refractivity contribution in [3.05, 3.63) is 126 Å². The number of fused-ring (bicyclic) bond motifs is 3. The van der Waals surface area contributed by atoms with Crippen molar-refractivity contribution in [1.82, 2.24) is 15.0 Å². The summed E-state index contributed by atoms with van der Waals surface area (Å²) < 4.78 is 6.05. The summed E-state index contributed by atoms with van der Waals surface area (Å²) in [6.45, 7) is 0. The van der Waals surface area contributed by atoms with E-state index in [1.54, 1.807) is 0 Å². The van der Waals surface area contributed by atoms with Crippen LogP contribution in [0.2, 0.25) is 10.3 Å². The Morgan fingerprint density at radius 1 is 0.436 bits per heavy atom. The van der Waals surface area contributed by atoms with Crippen LogP contribution in [-0.4, -0.2) is 15.0 Å². The number of aromatic nitrogens is 3. The molecule has 0 bridgehead atoms. The molecule has 0 spiro atoms. The van der Waals surface area contributed by atoms with Crippen LogP contribution in [0.15, 0.2) is 120 Å². The molecule has 7 rings (SSSR count). The molecule has 2 aromatic heterocycles. The molecule has 2 heterocycles. The zero-order chi connectivity index (χ0) is 26.3. The van der Waals surface area contributed by atoms with Crippen molar-refractivity contribution in [2.75, 3.05) is 0 Å². The minimum Gasteiger partial charge on any atom is -0.456 e. The molecule has 0 saturated carbocycles. The van der Waals surface area contributed by atoms with E-state index in [1.165, 1.54) is 0 Å². The summed E-state index contributed by atoms with van der Waals surface area (Å²) >= 11 is 12.8. The predicted molar refractivity (Wildman–Crippen MR) is 159 cm³/mol. The van der Waals surface area contributed by atoms with E-state index in [1.807, 2.05) is 97.1 Å². The fraction of sp³-hybridized carbons (Fsp3) is 0. The fourth-order valence-electron chi connectivity index (χ4n) is 4.84. The summed E-state index contributed by atoms with van der Waals surface area (Å²) in [4.78, 5) is 13.5. The van der Waals surface area contributed by atoms with Gasteiger partial charge in [0.05, 0.1) is 0 Å². The van der Waals surface area contributed by atoms with E-state index >= 15 is 0 Å². The largest absolute Gasteiger partial charge is 0.456 e. The summed E-state index contributed by atoms with van der Waals surface area (Å²) in [5.74, 6) is 0.982. The molecule has 0 N–H and O–H groups in total. The maximum atomic E-state index is 6.48. The van der Waals surface area contributed by atoms with Crippen molar-refractivity contribution in [2.24, 2.45) is 0 Å². The highest BCUT2D eigenvalue weighted by Crippen LogP contribution is 2.33. The second-order valence-corrected chi connectivity index (χ2v) is 10.0. The second kappa shape index (κ2) is 9.66. The van der Waals surface area contributed by atoms with Gasteiger partial charge in [0.15, 0.2) is 11.6 Å². The molecule has 0 radical (unpaired) electrons. The molecule has 0 saturated heterocycles. The number of furan rings is 1. The van der Waals surface area contributed by atoms with E-state index in [0.717, 1.165) is 55.3 Å². The first-order valence-corrected chi connectivity index (χ1v) is 13.2. The topological polar surface area (TPSA) is 51.8 Å². The predicted octanol–water partition coefficient (Wildman–Crippen LogP) is 9.75. The van der Waals surface area contributed by atoms with Gasteiger partial charge in [0.25, 0.3) is 0 Å². The summed E-state index contributed by atoms with van der Waals surface area (Å²) in [6.07, 6.45) is 0. The maximum Gasteiger partial charge on any atom is 0.226 e. The first-order valence-electron chi connectivity index (χ1n) is 12.4. The maximum absolute atomic E-state index is 6.48. The van der Waals surface area contributed by atoms with Crippen molar-refractivity contribution in [3.8, 4) is 45.0 Å². The number of hydrogen-bond donors (Lipinski definition) is 0. The minimum absolute atomic E-state index is 0.131. The molecule has 0 unspecified atom stereocenters. The molecule has 0 amide bonds. The molecule has 6 heteroatoms. The SMILES string of the molecule is Clc1cc(-c2ccccc2)cc(-c2ccc(-c3nc(Cl)nc(-c4ccc5c(c4)oc4ccccc45)n3)cc2)c1. The number of hydrogen-bond acceptors (Lipinski definition) is 4. The molecule has 0 fully saturated rings. The molecule has 7 aromatic rings. The Balaban J connectivity index is 1.23. The lowest BCUT2D eigenvalue weighted by atomic mass is 9.98. The Morgan fingerprint density at radius 2 is 1.03 bits per heavy atom. The second-order valence-electron chi connectivity index (χ2n) is 9.23. The van der Waals surface area contributed by atoms with Gasteiger partial charge in [0.2, 0.25) is 5.28 Å². The quantitative estimate of drug-likeness (QED) is 0.221. The van der Waals surface area contributed by atoms with Crippen LogP contribution in [0.5, 0.6) is 0 Å². The molecule has 0 aliphatic rings.